The summed E-state index contributed by atoms with van der Waals surface area (Å²) in [6, 6.07) is 7.71. The molecule has 0 fully saturated rings. The summed E-state index contributed by atoms with van der Waals surface area (Å²) in [7, 11) is 0. The monoisotopic (exact) mass is 335 g/mol. The van der Waals surface area contributed by atoms with Gasteiger partial charge in [-0.05, 0) is 42.7 Å². The SMILES string of the molecule is CC(C)CCNC(=O)c1cc(Nc2ccc(F)c(Cl)c2)ccn1. The predicted octanol–water partition coefficient (Wildman–Crippen LogP) is 4.39. The van der Waals surface area contributed by atoms with Crippen molar-refractivity contribution in [1.29, 1.82) is 0 Å². The van der Waals surface area contributed by atoms with Crippen molar-refractivity contribution in [1.82, 2.24) is 10.3 Å². The normalized spacial score (nSPS) is 10.7. The van der Waals surface area contributed by atoms with E-state index in [0.29, 0.717) is 29.5 Å². The van der Waals surface area contributed by atoms with Gasteiger partial charge in [0.05, 0.1) is 5.02 Å². The number of hydrogen-bond donors (Lipinski definition) is 2. The molecule has 1 heterocycles. The molecule has 2 rings (SSSR count). The van der Waals surface area contributed by atoms with Gasteiger partial charge in [-0.2, -0.15) is 0 Å². The van der Waals surface area contributed by atoms with Crippen LogP contribution in [0.15, 0.2) is 36.5 Å². The fourth-order valence-corrected chi connectivity index (χ4v) is 2.12. The maximum atomic E-state index is 13.2. The van der Waals surface area contributed by atoms with Crippen LogP contribution < -0.4 is 10.6 Å². The van der Waals surface area contributed by atoms with Crippen molar-refractivity contribution in [3.8, 4) is 0 Å². The summed E-state index contributed by atoms with van der Waals surface area (Å²) in [4.78, 5) is 16.1. The van der Waals surface area contributed by atoms with Gasteiger partial charge in [0.1, 0.15) is 11.5 Å². The number of nitrogens with one attached hydrogen (secondary N) is 2. The van der Waals surface area contributed by atoms with Crippen LogP contribution in [0.2, 0.25) is 5.02 Å². The van der Waals surface area contributed by atoms with Gasteiger partial charge in [0, 0.05) is 24.1 Å². The van der Waals surface area contributed by atoms with Gasteiger partial charge in [-0.15, -0.1) is 0 Å². The second kappa shape index (κ2) is 7.92. The minimum Gasteiger partial charge on any atom is -0.355 e. The van der Waals surface area contributed by atoms with Crippen LogP contribution in [-0.2, 0) is 0 Å². The summed E-state index contributed by atoms with van der Waals surface area (Å²) in [5.74, 6) is -0.164. The number of aromatic nitrogens is 1. The first kappa shape index (κ1) is 17.2. The molecule has 2 aromatic rings. The third-order valence-electron chi connectivity index (χ3n) is 3.21. The second-order valence-corrected chi connectivity index (χ2v) is 6.03. The molecular weight excluding hydrogens is 317 g/mol. The van der Waals surface area contributed by atoms with Crippen LogP contribution in [-0.4, -0.2) is 17.4 Å². The molecule has 2 N–H and O–H groups in total. The zero-order valence-electron chi connectivity index (χ0n) is 13.1. The van der Waals surface area contributed by atoms with Crippen molar-refractivity contribution in [2.24, 2.45) is 5.92 Å². The molecule has 0 bridgehead atoms. The van der Waals surface area contributed by atoms with Crippen LogP contribution in [0.25, 0.3) is 0 Å². The zero-order valence-corrected chi connectivity index (χ0v) is 13.8. The highest BCUT2D eigenvalue weighted by Gasteiger charge is 2.08. The van der Waals surface area contributed by atoms with Crippen molar-refractivity contribution in [3.05, 3.63) is 53.1 Å². The average molecular weight is 336 g/mol. The van der Waals surface area contributed by atoms with Crippen LogP contribution >= 0.6 is 11.6 Å². The number of rotatable bonds is 6. The Morgan fingerprint density at radius 3 is 2.70 bits per heavy atom. The van der Waals surface area contributed by atoms with Crippen LogP contribution in [0.4, 0.5) is 15.8 Å². The van der Waals surface area contributed by atoms with Crippen LogP contribution in [0.5, 0.6) is 0 Å². The van der Waals surface area contributed by atoms with Gasteiger partial charge >= 0.3 is 0 Å². The number of carbonyl (C=O) groups excluding carboxylic acids is 1. The van der Waals surface area contributed by atoms with E-state index in [0.717, 1.165) is 6.42 Å². The number of nitrogens with zero attached hydrogens (tertiary/aromatic N) is 1. The Bertz CT molecular complexity index is 691. The van der Waals surface area contributed by atoms with E-state index in [2.05, 4.69) is 29.5 Å². The Morgan fingerprint density at radius 1 is 1.26 bits per heavy atom. The standard InChI is InChI=1S/C17H19ClFN3O/c1-11(2)5-7-21-17(23)16-10-13(6-8-20-16)22-12-3-4-15(19)14(18)9-12/h3-4,6,8-11H,5,7H2,1-2H3,(H,20,22)(H,21,23). The Balaban J connectivity index is 2.04. The number of benzene rings is 1. The molecule has 122 valence electrons. The molecule has 0 spiro atoms. The summed E-state index contributed by atoms with van der Waals surface area (Å²) < 4.78 is 13.2. The highest BCUT2D eigenvalue weighted by molar-refractivity contribution is 6.31. The summed E-state index contributed by atoms with van der Waals surface area (Å²) in [5, 5.41) is 5.95. The van der Waals surface area contributed by atoms with Crippen molar-refractivity contribution >= 4 is 28.9 Å². The maximum Gasteiger partial charge on any atom is 0.269 e. The van der Waals surface area contributed by atoms with Crippen LogP contribution in [0.3, 0.4) is 0 Å². The van der Waals surface area contributed by atoms with E-state index in [1.807, 2.05) is 0 Å². The molecule has 1 aromatic heterocycles. The number of carbonyl (C=O) groups is 1. The molecule has 0 radical (unpaired) electrons. The summed E-state index contributed by atoms with van der Waals surface area (Å²) in [6.07, 6.45) is 2.46. The van der Waals surface area contributed by atoms with E-state index in [9.17, 15) is 9.18 Å². The van der Waals surface area contributed by atoms with Gasteiger partial charge in [0.15, 0.2) is 0 Å². The molecule has 0 aliphatic rings. The quantitative estimate of drug-likeness (QED) is 0.823. The molecule has 0 aliphatic carbocycles. The molecule has 0 unspecified atom stereocenters. The lowest BCUT2D eigenvalue weighted by atomic mass is 10.1. The van der Waals surface area contributed by atoms with Gasteiger partial charge in [0.2, 0.25) is 0 Å². The van der Waals surface area contributed by atoms with Crippen molar-refractivity contribution in [2.45, 2.75) is 20.3 Å². The summed E-state index contributed by atoms with van der Waals surface area (Å²) in [5.41, 5.74) is 1.64. The molecule has 1 amide bonds. The van der Waals surface area contributed by atoms with E-state index in [1.165, 1.54) is 12.1 Å². The van der Waals surface area contributed by atoms with Crippen molar-refractivity contribution in [2.75, 3.05) is 11.9 Å². The Hall–Kier alpha value is -2.14. The Kier molecular flexibility index (Phi) is 5.93. The topological polar surface area (TPSA) is 54.0 Å². The first-order valence-corrected chi connectivity index (χ1v) is 7.80. The van der Waals surface area contributed by atoms with Crippen molar-refractivity contribution < 1.29 is 9.18 Å². The number of amides is 1. The predicted molar refractivity (Wildman–Crippen MR) is 90.7 cm³/mol. The van der Waals surface area contributed by atoms with E-state index >= 15 is 0 Å². The third kappa shape index (κ3) is 5.21. The van der Waals surface area contributed by atoms with E-state index < -0.39 is 5.82 Å². The highest BCUT2D eigenvalue weighted by atomic mass is 35.5. The smallest absolute Gasteiger partial charge is 0.269 e. The number of anilines is 2. The minimum absolute atomic E-state index is 0.0377. The Labute approximate surface area is 140 Å². The maximum absolute atomic E-state index is 13.2. The van der Waals surface area contributed by atoms with Gasteiger partial charge < -0.3 is 10.6 Å². The van der Waals surface area contributed by atoms with Gasteiger partial charge in [-0.3, -0.25) is 9.78 Å². The molecule has 6 heteroatoms. The molecule has 23 heavy (non-hydrogen) atoms. The van der Waals surface area contributed by atoms with E-state index in [1.54, 1.807) is 24.4 Å². The van der Waals surface area contributed by atoms with Crippen LogP contribution in [0, 0.1) is 11.7 Å². The van der Waals surface area contributed by atoms with Crippen molar-refractivity contribution in [3.63, 3.8) is 0 Å². The summed E-state index contributed by atoms with van der Waals surface area (Å²) >= 11 is 5.75. The van der Waals surface area contributed by atoms with Gasteiger partial charge in [-0.25, -0.2) is 4.39 Å². The molecular formula is C17H19ClFN3O. The lowest BCUT2D eigenvalue weighted by molar-refractivity contribution is 0.0947. The highest BCUT2D eigenvalue weighted by Crippen LogP contribution is 2.22. The lowest BCUT2D eigenvalue weighted by Crippen LogP contribution is -2.26. The van der Waals surface area contributed by atoms with E-state index in [-0.39, 0.29) is 10.9 Å². The van der Waals surface area contributed by atoms with Gasteiger partial charge in [-0.1, -0.05) is 25.4 Å². The molecule has 0 saturated heterocycles. The summed E-state index contributed by atoms with van der Waals surface area (Å²) in [6.45, 7) is 4.81. The fourth-order valence-electron chi connectivity index (χ4n) is 1.94. The molecule has 4 nitrogen and oxygen atoms in total. The minimum atomic E-state index is -0.475. The average Bonchev–Trinajstić information content (AvgIpc) is 2.51. The molecule has 0 atom stereocenters. The first-order chi connectivity index (χ1) is 11.0. The molecule has 1 aromatic carbocycles. The van der Waals surface area contributed by atoms with Gasteiger partial charge in [0.25, 0.3) is 5.91 Å². The van der Waals surface area contributed by atoms with Crippen LogP contribution in [0.1, 0.15) is 30.8 Å². The molecule has 0 aliphatic heterocycles. The first-order valence-electron chi connectivity index (χ1n) is 7.42. The third-order valence-corrected chi connectivity index (χ3v) is 3.50. The number of hydrogen-bond acceptors (Lipinski definition) is 3. The van der Waals surface area contributed by atoms with E-state index in [4.69, 9.17) is 11.6 Å². The largest absolute Gasteiger partial charge is 0.355 e. The lowest BCUT2D eigenvalue weighted by Gasteiger charge is -2.10. The number of pyridine rings is 1. The zero-order chi connectivity index (χ0) is 16.8. The fraction of sp³-hybridized carbons (Fsp3) is 0.294. The molecule has 0 saturated carbocycles. The second-order valence-electron chi connectivity index (χ2n) is 5.62. The number of halogens is 2. The Morgan fingerprint density at radius 2 is 2.00 bits per heavy atom.